The van der Waals surface area contributed by atoms with Crippen LogP contribution in [0.25, 0.3) is 11.6 Å². The predicted molar refractivity (Wildman–Crippen MR) is 82.2 cm³/mol. The Bertz CT molecular complexity index is 741. The number of non-ortho nitro benzene ring substituents is 1. The zero-order valence-electron chi connectivity index (χ0n) is 11.1. The summed E-state index contributed by atoms with van der Waals surface area (Å²) < 4.78 is 0. The van der Waals surface area contributed by atoms with Crippen molar-refractivity contribution in [2.24, 2.45) is 0 Å². The highest BCUT2D eigenvalue weighted by Crippen LogP contribution is 2.16. The molecule has 2 aromatic rings. The molecule has 0 aliphatic carbocycles. The summed E-state index contributed by atoms with van der Waals surface area (Å²) in [6.07, 6.45) is 5.13. The summed E-state index contributed by atoms with van der Waals surface area (Å²) in [6, 6.07) is 17.8. The maximum absolute atomic E-state index is 10.7. The summed E-state index contributed by atoms with van der Waals surface area (Å²) in [5.41, 5.74) is 2.14. The number of rotatable bonds is 4. The van der Waals surface area contributed by atoms with Crippen molar-refractivity contribution in [3.8, 4) is 6.07 Å². The lowest BCUT2D eigenvalue weighted by Crippen LogP contribution is -1.87. The minimum absolute atomic E-state index is 0.0460. The molecule has 4 nitrogen and oxygen atoms in total. The molecule has 0 unspecified atom stereocenters. The highest BCUT2D eigenvalue weighted by atomic mass is 16.6. The Morgan fingerprint density at radius 3 is 2.57 bits per heavy atom. The molecule has 0 saturated heterocycles. The van der Waals surface area contributed by atoms with Gasteiger partial charge < -0.3 is 0 Å². The van der Waals surface area contributed by atoms with Gasteiger partial charge in [-0.15, -0.1) is 0 Å². The van der Waals surface area contributed by atoms with Crippen LogP contribution in [-0.2, 0) is 0 Å². The molecule has 0 atom stereocenters. The topological polar surface area (TPSA) is 66.9 Å². The molecule has 21 heavy (non-hydrogen) atoms. The lowest BCUT2D eigenvalue weighted by Gasteiger charge is -1.96. The van der Waals surface area contributed by atoms with E-state index in [1.807, 2.05) is 30.3 Å². The average Bonchev–Trinajstić information content (AvgIpc) is 2.53. The largest absolute Gasteiger partial charge is 0.270 e. The summed E-state index contributed by atoms with van der Waals surface area (Å²) in [6.45, 7) is 0. The predicted octanol–water partition coefficient (Wildman–Crippen LogP) is 4.22. The SMILES string of the molecule is N#C/C(=C/C=C/c1cccc([N+](=O)[O-])c1)c1ccccc1. The summed E-state index contributed by atoms with van der Waals surface area (Å²) in [7, 11) is 0. The molecule has 0 aliphatic rings. The molecule has 4 heteroatoms. The zero-order chi connectivity index (χ0) is 15.1. The van der Waals surface area contributed by atoms with Crippen molar-refractivity contribution < 1.29 is 4.92 Å². The van der Waals surface area contributed by atoms with Gasteiger partial charge in [0.25, 0.3) is 5.69 Å². The van der Waals surface area contributed by atoms with Crippen LogP contribution in [0.15, 0.2) is 66.7 Å². The van der Waals surface area contributed by atoms with Crippen molar-refractivity contribution in [1.82, 2.24) is 0 Å². The number of hydrogen-bond acceptors (Lipinski definition) is 3. The quantitative estimate of drug-likeness (QED) is 0.363. The standard InChI is InChI=1S/C17H12N2O2/c18-13-16(15-8-2-1-3-9-15)10-4-6-14-7-5-11-17(12-14)19(20)21/h1-12H/b6-4+,16-10-. The summed E-state index contributed by atoms with van der Waals surface area (Å²) in [5, 5.41) is 19.8. The van der Waals surface area contributed by atoms with Crippen LogP contribution in [0.1, 0.15) is 11.1 Å². The van der Waals surface area contributed by atoms with Crippen LogP contribution < -0.4 is 0 Å². The highest BCUT2D eigenvalue weighted by Gasteiger charge is 2.03. The monoisotopic (exact) mass is 276 g/mol. The minimum Gasteiger partial charge on any atom is -0.258 e. The molecule has 0 saturated carbocycles. The van der Waals surface area contributed by atoms with E-state index < -0.39 is 4.92 Å². The van der Waals surface area contributed by atoms with E-state index in [0.29, 0.717) is 11.1 Å². The fourth-order valence-corrected chi connectivity index (χ4v) is 1.81. The fraction of sp³-hybridized carbons (Fsp3) is 0. The Morgan fingerprint density at radius 1 is 1.14 bits per heavy atom. The van der Waals surface area contributed by atoms with E-state index in [-0.39, 0.29) is 5.69 Å². The molecule has 0 aliphatic heterocycles. The molecular formula is C17H12N2O2. The van der Waals surface area contributed by atoms with Crippen LogP contribution in [0.4, 0.5) is 5.69 Å². The number of benzene rings is 2. The molecule has 0 N–H and O–H groups in total. The van der Waals surface area contributed by atoms with E-state index in [4.69, 9.17) is 5.26 Å². The first-order chi connectivity index (χ1) is 10.2. The van der Waals surface area contributed by atoms with E-state index in [9.17, 15) is 10.1 Å². The van der Waals surface area contributed by atoms with Gasteiger partial charge in [0.05, 0.1) is 16.6 Å². The summed E-state index contributed by atoms with van der Waals surface area (Å²) in [5.74, 6) is 0. The van der Waals surface area contributed by atoms with Gasteiger partial charge in [0.1, 0.15) is 0 Å². The van der Waals surface area contributed by atoms with Gasteiger partial charge >= 0.3 is 0 Å². The van der Waals surface area contributed by atoms with Crippen LogP contribution in [0.5, 0.6) is 0 Å². The van der Waals surface area contributed by atoms with Gasteiger partial charge in [-0.3, -0.25) is 10.1 Å². The maximum Gasteiger partial charge on any atom is 0.270 e. The summed E-state index contributed by atoms with van der Waals surface area (Å²) >= 11 is 0. The van der Waals surface area contributed by atoms with E-state index in [2.05, 4.69) is 6.07 Å². The number of nitriles is 1. The van der Waals surface area contributed by atoms with Gasteiger partial charge in [0.15, 0.2) is 0 Å². The van der Waals surface area contributed by atoms with Crippen molar-refractivity contribution in [2.75, 3.05) is 0 Å². The number of hydrogen-bond donors (Lipinski definition) is 0. The normalized spacial score (nSPS) is 11.3. The van der Waals surface area contributed by atoms with Crippen LogP contribution in [0, 0.1) is 21.4 Å². The second-order valence-corrected chi connectivity index (χ2v) is 4.27. The Hall–Kier alpha value is -3.19. The van der Waals surface area contributed by atoms with Crippen molar-refractivity contribution >= 4 is 17.3 Å². The highest BCUT2D eigenvalue weighted by molar-refractivity contribution is 5.78. The van der Waals surface area contributed by atoms with Crippen molar-refractivity contribution in [3.63, 3.8) is 0 Å². The average molecular weight is 276 g/mol. The van der Waals surface area contributed by atoms with Crippen molar-refractivity contribution in [2.45, 2.75) is 0 Å². The second kappa shape index (κ2) is 6.83. The first kappa shape index (κ1) is 14.2. The van der Waals surface area contributed by atoms with Gasteiger partial charge in [-0.05, 0) is 17.2 Å². The van der Waals surface area contributed by atoms with E-state index in [0.717, 1.165) is 5.56 Å². The maximum atomic E-state index is 10.7. The molecule has 0 heterocycles. The van der Waals surface area contributed by atoms with E-state index in [1.54, 1.807) is 30.4 Å². The van der Waals surface area contributed by atoms with Crippen LogP contribution >= 0.6 is 0 Å². The molecule has 2 aromatic carbocycles. The van der Waals surface area contributed by atoms with Gasteiger partial charge in [0, 0.05) is 12.1 Å². The van der Waals surface area contributed by atoms with E-state index in [1.165, 1.54) is 12.1 Å². The van der Waals surface area contributed by atoms with Gasteiger partial charge in [-0.2, -0.15) is 5.26 Å². The summed E-state index contributed by atoms with van der Waals surface area (Å²) in [4.78, 5) is 10.3. The van der Waals surface area contributed by atoms with Crippen molar-refractivity contribution in [1.29, 1.82) is 5.26 Å². The third kappa shape index (κ3) is 3.88. The zero-order valence-corrected chi connectivity index (χ0v) is 11.1. The molecule has 0 radical (unpaired) electrons. The first-order valence-electron chi connectivity index (χ1n) is 6.29. The molecule has 0 aromatic heterocycles. The number of nitro groups is 1. The lowest BCUT2D eigenvalue weighted by atomic mass is 10.1. The molecular weight excluding hydrogens is 264 g/mol. The Labute approximate surface area is 122 Å². The van der Waals surface area contributed by atoms with Gasteiger partial charge in [-0.1, -0.05) is 54.6 Å². The van der Waals surface area contributed by atoms with Gasteiger partial charge in [-0.25, -0.2) is 0 Å². The number of allylic oxidation sites excluding steroid dienone is 3. The molecule has 2 rings (SSSR count). The molecule has 0 spiro atoms. The Kier molecular flexibility index (Phi) is 4.62. The van der Waals surface area contributed by atoms with Crippen LogP contribution in [-0.4, -0.2) is 4.92 Å². The van der Waals surface area contributed by atoms with Crippen LogP contribution in [0.2, 0.25) is 0 Å². The third-order valence-electron chi connectivity index (χ3n) is 2.84. The Balaban J connectivity index is 2.21. The van der Waals surface area contributed by atoms with Gasteiger partial charge in [0.2, 0.25) is 0 Å². The van der Waals surface area contributed by atoms with Crippen molar-refractivity contribution in [3.05, 3.63) is 88.0 Å². The Morgan fingerprint density at radius 2 is 1.90 bits per heavy atom. The fourth-order valence-electron chi connectivity index (χ4n) is 1.81. The first-order valence-corrected chi connectivity index (χ1v) is 6.29. The molecule has 0 amide bonds. The lowest BCUT2D eigenvalue weighted by molar-refractivity contribution is -0.384. The number of nitro benzene ring substituents is 1. The second-order valence-electron chi connectivity index (χ2n) is 4.27. The molecule has 102 valence electrons. The van der Waals surface area contributed by atoms with E-state index >= 15 is 0 Å². The third-order valence-corrected chi connectivity index (χ3v) is 2.84. The molecule has 0 bridgehead atoms. The minimum atomic E-state index is -0.433. The molecule has 0 fully saturated rings. The smallest absolute Gasteiger partial charge is 0.258 e. The number of nitrogens with zero attached hydrogens (tertiary/aromatic N) is 2. The van der Waals surface area contributed by atoms with Crippen LogP contribution in [0.3, 0.4) is 0 Å².